The molecule has 1 heterocycles. The first-order valence-corrected chi connectivity index (χ1v) is 5.81. The number of hydrogen-bond acceptors (Lipinski definition) is 2. The van der Waals surface area contributed by atoms with E-state index < -0.39 is 11.6 Å². The maximum Gasteiger partial charge on any atom is 0.126 e. The van der Waals surface area contributed by atoms with E-state index in [4.69, 9.17) is 4.42 Å². The van der Waals surface area contributed by atoms with Crippen molar-refractivity contribution in [2.45, 2.75) is 25.9 Å². The fraction of sp³-hybridized carbons (Fsp3) is 0.286. The van der Waals surface area contributed by atoms with Crippen molar-refractivity contribution in [3.8, 4) is 0 Å². The van der Waals surface area contributed by atoms with Gasteiger partial charge in [-0.3, -0.25) is 0 Å². The standard InChI is InChI=1S/C14H15F2NO/c1-9(11-6-12(15)8-13(16)7-11)17-10(2)14-4-3-5-18-14/h3-10,17H,1-2H3. The molecule has 0 bridgehead atoms. The number of halogens is 2. The fourth-order valence-corrected chi connectivity index (χ4v) is 1.92. The number of furan rings is 1. The van der Waals surface area contributed by atoms with Crippen molar-refractivity contribution in [3.63, 3.8) is 0 Å². The molecule has 4 heteroatoms. The molecule has 0 aliphatic heterocycles. The third-order valence-corrected chi connectivity index (χ3v) is 2.85. The van der Waals surface area contributed by atoms with E-state index in [1.165, 1.54) is 12.1 Å². The third-order valence-electron chi connectivity index (χ3n) is 2.85. The Morgan fingerprint density at radius 1 is 1.06 bits per heavy atom. The quantitative estimate of drug-likeness (QED) is 0.889. The molecule has 0 aliphatic rings. The first kappa shape index (κ1) is 12.8. The number of hydrogen-bond donors (Lipinski definition) is 1. The molecule has 1 aromatic carbocycles. The number of rotatable bonds is 4. The van der Waals surface area contributed by atoms with Crippen LogP contribution in [0.25, 0.3) is 0 Å². The van der Waals surface area contributed by atoms with Gasteiger partial charge in [-0.1, -0.05) is 0 Å². The lowest BCUT2D eigenvalue weighted by Gasteiger charge is -2.19. The Balaban J connectivity index is 2.09. The molecule has 0 amide bonds. The first-order chi connectivity index (χ1) is 8.56. The lowest BCUT2D eigenvalue weighted by molar-refractivity contribution is 0.401. The van der Waals surface area contributed by atoms with Crippen LogP contribution < -0.4 is 5.32 Å². The zero-order chi connectivity index (χ0) is 13.1. The van der Waals surface area contributed by atoms with Gasteiger partial charge in [0.25, 0.3) is 0 Å². The van der Waals surface area contributed by atoms with Crippen LogP contribution in [0.15, 0.2) is 41.0 Å². The summed E-state index contributed by atoms with van der Waals surface area (Å²) in [5, 5.41) is 3.23. The van der Waals surface area contributed by atoms with E-state index in [2.05, 4.69) is 5.32 Å². The molecular formula is C14H15F2NO. The average Bonchev–Trinajstić information content (AvgIpc) is 2.80. The molecule has 2 atom stereocenters. The second-order valence-electron chi connectivity index (χ2n) is 4.33. The summed E-state index contributed by atoms with van der Waals surface area (Å²) in [4.78, 5) is 0. The van der Waals surface area contributed by atoms with Crippen molar-refractivity contribution in [3.05, 3.63) is 59.6 Å². The Hall–Kier alpha value is -1.68. The monoisotopic (exact) mass is 251 g/mol. The molecular weight excluding hydrogens is 236 g/mol. The number of benzene rings is 1. The van der Waals surface area contributed by atoms with Gasteiger partial charge in [0, 0.05) is 12.1 Å². The molecule has 1 aromatic heterocycles. The van der Waals surface area contributed by atoms with Crippen molar-refractivity contribution in [2.75, 3.05) is 0 Å². The van der Waals surface area contributed by atoms with E-state index in [1.807, 2.05) is 19.9 Å². The molecule has 18 heavy (non-hydrogen) atoms. The second kappa shape index (κ2) is 5.31. The predicted molar refractivity (Wildman–Crippen MR) is 65.0 cm³/mol. The van der Waals surface area contributed by atoms with Crippen LogP contribution >= 0.6 is 0 Å². The first-order valence-electron chi connectivity index (χ1n) is 5.81. The highest BCUT2D eigenvalue weighted by molar-refractivity contribution is 5.21. The summed E-state index contributed by atoms with van der Waals surface area (Å²) in [6.07, 6.45) is 1.60. The van der Waals surface area contributed by atoms with Crippen molar-refractivity contribution in [1.82, 2.24) is 5.32 Å². The number of nitrogens with one attached hydrogen (secondary N) is 1. The van der Waals surface area contributed by atoms with Gasteiger partial charge in [0.15, 0.2) is 0 Å². The highest BCUT2D eigenvalue weighted by Gasteiger charge is 2.14. The normalized spacial score (nSPS) is 14.4. The van der Waals surface area contributed by atoms with E-state index in [1.54, 1.807) is 12.3 Å². The molecule has 2 rings (SSSR count). The van der Waals surface area contributed by atoms with Crippen molar-refractivity contribution in [1.29, 1.82) is 0 Å². The summed E-state index contributed by atoms with van der Waals surface area (Å²) in [7, 11) is 0. The molecule has 0 aliphatic carbocycles. The molecule has 0 fully saturated rings. The molecule has 96 valence electrons. The summed E-state index contributed by atoms with van der Waals surface area (Å²) < 4.78 is 31.5. The summed E-state index contributed by atoms with van der Waals surface area (Å²) in [5.74, 6) is -0.340. The summed E-state index contributed by atoms with van der Waals surface area (Å²) in [6.45, 7) is 3.79. The van der Waals surface area contributed by atoms with Crippen LogP contribution in [0.3, 0.4) is 0 Å². The molecule has 0 saturated heterocycles. The van der Waals surface area contributed by atoms with Gasteiger partial charge in [-0.05, 0) is 43.7 Å². The molecule has 2 unspecified atom stereocenters. The Morgan fingerprint density at radius 3 is 2.28 bits per heavy atom. The maximum absolute atomic E-state index is 13.1. The van der Waals surface area contributed by atoms with E-state index in [-0.39, 0.29) is 12.1 Å². The van der Waals surface area contributed by atoms with Gasteiger partial charge in [-0.15, -0.1) is 0 Å². The molecule has 2 aromatic rings. The van der Waals surface area contributed by atoms with Crippen molar-refractivity contribution < 1.29 is 13.2 Å². The van der Waals surface area contributed by atoms with Gasteiger partial charge >= 0.3 is 0 Å². The smallest absolute Gasteiger partial charge is 0.126 e. The van der Waals surface area contributed by atoms with Crippen molar-refractivity contribution in [2.24, 2.45) is 0 Å². The van der Waals surface area contributed by atoms with Gasteiger partial charge in [0.2, 0.25) is 0 Å². The lowest BCUT2D eigenvalue weighted by atomic mass is 10.1. The van der Waals surface area contributed by atoms with Crippen LogP contribution in [-0.4, -0.2) is 0 Å². The summed E-state index contributed by atoms with van der Waals surface area (Å²) in [5.41, 5.74) is 0.575. The van der Waals surface area contributed by atoms with E-state index in [0.717, 1.165) is 11.8 Å². The minimum Gasteiger partial charge on any atom is -0.468 e. The minimum absolute atomic E-state index is 0.0265. The second-order valence-corrected chi connectivity index (χ2v) is 4.33. The van der Waals surface area contributed by atoms with Crippen LogP contribution in [0.4, 0.5) is 8.78 Å². The van der Waals surface area contributed by atoms with Gasteiger partial charge in [0.05, 0.1) is 12.3 Å². The van der Waals surface area contributed by atoms with Gasteiger partial charge in [-0.2, -0.15) is 0 Å². The topological polar surface area (TPSA) is 25.2 Å². The Labute approximate surface area is 105 Å². The SMILES string of the molecule is CC(NC(C)c1ccco1)c1cc(F)cc(F)c1. The molecule has 0 saturated carbocycles. The predicted octanol–water partition coefficient (Wildman–Crippen LogP) is 3.97. The largest absolute Gasteiger partial charge is 0.468 e. The minimum atomic E-state index is -0.565. The van der Waals surface area contributed by atoms with E-state index in [0.29, 0.717) is 5.56 Å². The van der Waals surface area contributed by atoms with E-state index in [9.17, 15) is 8.78 Å². The van der Waals surface area contributed by atoms with Crippen LogP contribution in [0.5, 0.6) is 0 Å². The summed E-state index contributed by atoms with van der Waals surface area (Å²) in [6, 6.07) is 6.99. The average molecular weight is 251 g/mol. The van der Waals surface area contributed by atoms with Gasteiger partial charge in [-0.25, -0.2) is 8.78 Å². The van der Waals surface area contributed by atoms with Crippen LogP contribution in [0.1, 0.15) is 37.3 Å². The Bertz CT molecular complexity index is 490. The fourth-order valence-electron chi connectivity index (χ4n) is 1.92. The highest BCUT2D eigenvalue weighted by atomic mass is 19.1. The van der Waals surface area contributed by atoms with Crippen molar-refractivity contribution >= 4 is 0 Å². The Morgan fingerprint density at radius 2 is 1.72 bits per heavy atom. The van der Waals surface area contributed by atoms with Crippen LogP contribution in [0, 0.1) is 11.6 Å². The maximum atomic E-state index is 13.1. The molecule has 1 N–H and O–H groups in total. The zero-order valence-corrected chi connectivity index (χ0v) is 10.3. The van der Waals surface area contributed by atoms with Gasteiger partial charge < -0.3 is 9.73 Å². The molecule has 0 spiro atoms. The highest BCUT2D eigenvalue weighted by Crippen LogP contribution is 2.21. The molecule has 0 radical (unpaired) electrons. The van der Waals surface area contributed by atoms with Crippen LogP contribution in [-0.2, 0) is 0 Å². The van der Waals surface area contributed by atoms with Gasteiger partial charge in [0.1, 0.15) is 17.4 Å². The third kappa shape index (κ3) is 2.96. The Kier molecular flexibility index (Phi) is 3.77. The summed E-state index contributed by atoms with van der Waals surface area (Å²) >= 11 is 0. The van der Waals surface area contributed by atoms with Crippen LogP contribution in [0.2, 0.25) is 0 Å². The lowest BCUT2D eigenvalue weighted by Crippen LogP contribution is -2.22. The van der Waals surface area contributed by atoms with E-state index >= 15 is 0 Å². The molecule has 2 nitrogen and oxygen atoms in total. The zero-order valence-electron chi connectivity index (χ0n) is 10.3.